The average molecular weight is 820 g/mol. The van der Waals surface area contributed by atoms with Gasteiger partial charge in [-0.2, -0.15) is 0 Å². The van der Waals surface area contributed by atoms with E-state index in [0.29, 0.717) is 6.42 Å². The number of phosphoric ester groups is 1. The number of esters is 1. The summed E-state index contributed by atoms with van der Waals surface area (Å²) in [6.45, 7) is 3.35. The summed E-state index contributed by atoms with van der Waals surface area (Å²) in [7, 11) is -4.43. The third-order valence-electron chi connectivity index (χ3n) is 9.12. The first-order valence-electron chi connectivity index (χ1n) is 22.4. The molecule has 10 heteroatoms. The zero-order valence-corrected chi connectivity index (χ0v) is 36.9. The summed E-state index contributed by atoms with van der Waals surface area (Å²) < 4.78 is 26.9. The van der Waals surface area contributed by atoms with E-state index in [1.165, 1.54) is 83.5 Å². The molecule has 0 saturated heterocycles. The minimum absolute atomic E-state index is 0.0559. The number of carbonyl (C=O) groups excluding carboxylic acids is 2. The molecule has 0 radical (unpaired) electrons. The van der Waals surface area contributed by atoms with Crippen LogP contribution in [0.25, 0.3) is 0 Å². The Bertz CT molecular complexity index is 1160. The molecule has 0 fully saturated rings. The predicted octanol–water partition coefficient (Wildman–Crippen LogP) is 12.7. The molecule has 328 valence electrons. The van der Waals surface area contributed by atoms with Gasteiger partial charge in [0, 0.05) is 19.4 Å². The molecule has 0 aliphatic heterocycles. The van der Waals surface area contributed by atoms with Crippen molar-refractivity contribution in [2.75, 3.05) is 26.4 Å². The van der Waals surface area contributed by atoms with Crippen molar-refractivity contribution in [3.63, 3.8) is 0 Å². The van der Waals surface area contributed by atoms with Gasteiger partial charge in [-0.05, 0) is 83.5 Å². The Morgan fingerprint density at radius 2 is 1.00 bits per heavy atom. The lowest BCUT2D eigenvalue weighted by atomic mass is 10.0. The number of aliphatic hydroxyl groups is 1. The van der Waals surface area contributed by atoms with E-state index in [9.17, 15) is 24.2 Å². The number of hydrogen-bond donors (Lipinski definition) is 3. The summed E-state index contributed by atoms with van der Waals surface area (Å²) in [6.07, 6.45) is 52.7. The van der Waals surface area contributed by atoms with Gasteiger partial charge in [0.05, 0.1) is 13.2 Å². The van der Waals surface area contributed by atoms with Gasteiger partial charge < -0.3 is 20.1 Å². The van der Waals surface area contributed by atoms with Gasteiger partial charge in [0.15, 0.2) is 0 Å². The summed E-state index contributed by atoms with van der Waals surface area (Å²) in [6, 6.07) is 0. The van der Waals surface area contributed by atoms with Gasteiger partial charge in [0.1, 0.15) is 12.7 Å². The number of aliphatic hydroxyl groups excluding tert-OH is 1. The summed E-state index contributed by atoms with van der Waals surface area (Å²) in [4.78, 5) is 33.9. The fourth-order valence-corrected chi connectivity index (χ4v) is 6.51. The molecule has 0 aliphatic carbocycles. The average Bonchev–Trinajstić information content (AvgIpc) is 3.20. The van der Waals surface area contributed by atoms with Crippen molar-refractivity contribution < 1.29 is 37.9 Å². The smallest absolute Gasteiger partial charge is 0.463 e. The van der Waals surface area contributed by atoms with E-state index >= 15 is 0 Å². The molecule has 0 spiro atoms. The monoisotopic (exact) mass is 820 g/mol. The van der Waals surface area contributed by atoms with Gasteiger partial charge in [-0.15, -0.1) is 0 Å². The Morgan fingerprint density at radius 3 is 1.53 bits per heavy atom. The van der Waals surface area contributed by atoms with E-state index in [1.54, 1.807) is 0 Å². The maximum absolute atomic E-state index is 12.1. The minimum atomic E-state index is -4.43. The Balaban J connectivity index is 3.64. The second kappa shape index (κ2) is 43.0. The Morgan fingerprint density at radius 1 is 0.561 bits per heavy atom. The van der Waals surface area contributed by atoms with Crippen molar-refractivity contribution in [3.05, 3.63) is 72.9 Å². The Labute approximate surface area is 348 Å². The highest BCUT2D eigenvalue weighted by atomic mass is 31.2. The largest absolute Gasteiger partial charge is 0.472 e. The topological polar surface area (TPSA) is 131 Å². The third kappa shape index (κ3) is 44.4. The molecule has 1 amide bonds. The van der Waals surface area contributed by atoms with Gasteiger partial charge >= 0.3 is 13.8 Å². The number of carbonyl (C=O) groups is 2. The van der Waals surface area contributed by atoms with E-state index in [1.807, 2.05) is 0 Å². The van der Waals surface area contributed by atoms with Crippen molar-refractivity contribution in [2.24, 2.45) is 0 Å². The van der Waals surface area contributed by atoms with E-state index in [-0.39, 0.29) is 32.1 Å². The van der Waals surface area contributed by atoms with Crippen LogP contribution >= 0.6 is 7.82 Å². The molecule has 0 heterocycles. The van der Waals surface area contributed by atoms with Crippen molar-refractivity contribution in [1.82, 2.24) is 5.32 Å². The van der Waals surface area contributed by atoms with E-state index < -0.39 is 26.5 Å². The summed E-state index contributed by atoms with van der Waals surface area (Å²) in [5.41, 5.74) is 0. The molecule has 0 aromatic heterocycles. The van der Waals surface area contributed by atoms with Crippen LogP contribution < -0.4 is 5.32 Å². The van der Waals surface area contributed by atoms with Gasteiger partial charge in [0.25, 0.3) is 0 Å². The number of phosphoric acid groups is 1. The highest BCUT2D eigenvalue weighted by molar-refractivity contribution is 7.47. The quantitative estimate of drug-likeness (QED) is 0.0240. The minimum Gasteiger partial charge on any atom is -0.463 e. The summed E-state index contributed by atoms with van der Waals surface area (Å²) in [5, 5.41) is 12.7. The van der Waals surface area contributed by atoms with Crippen LogP contribution in [0.15, 0.2) is 72.9 Å². The number of ether oxygens (including phenoxy) is 1. The molecular formula is C47H82NO8P. The van der Waals surface area contributed by atoms with Crippen LogP contribution in [-0.4, -0.2) is 54.3 Å². The molecule has 0 saturated carbocycles. The molecule has 0 aromatic carbocycles. The van der Waals surface area contributed by atoms with E-state index in [0.717, 1.165) is 70.6 Å². The van der Waals surface area contributed by atoms with Gasteiger partial charge in [-0.3, -0.25) is 18.6 Å². The lowest BCUT2D eigenvalue weighted by molar-refractivity contribution is -0.147. The van der Waals surface area contributed by atoms with E-state index in [4.69, 9.17) is 13.8 Å². The van der Waals surface area contributed by atoms with Crippen molar-refractivity contribution in [1.29, 1.82) is 0 Å². The maximum atomic E-state index is 12.1. The normalized spacial score (nSPS) is 14.0. The zero-order valence-electron chi connectivity index (χ0n) is 36.0. The lowest BCUT2D eigenvalue weighted by Gasteiger charge is -2.15. The molecule has 57 heavy (non-hydrogen) atoms. The number of nitrogens with one attached hydrogen (secondary N) is 1. The SMILES string of the molecule is CC/C=C\C/C=C\C/C=C\C/C=C\CCCCC(=O)NCCOP(=O)(O)OCC(O)COC(=O)CCCCCCCCCCCCC/C=C\C/C=C\CCCCC. The molecular weight excluding hydrogens is 737 g/mol. The van der Waals surface area contributed by atoms with Crippen molar-refractivity contribution in [2.45, 2.75) is 187 Å². The molecule has 3 N–H and O–H groups in total. The Hall–Kier alpha value is -2.55. The third-order valence-corrected chi connectivity index (χ3v) is 10.1. The van der Waals surface area contributed by atoms with Gasteiger partial charge in [0.2, 0.25) is 5.91 Å². The zero-order chi connectivity index (χ0) is 41.8. The molecule has 9 nitrogen and oxygen atoms in total. The number of rotatable bonds is 41. The molecule has 0 rings (SSSR count). The first-order chi connectivity index (χ1) is 27.8. The van der Waals surface area contributed by atoms with Crippen LogP contribution in [0, 0.1) is 0 Å². The number of amides is 1. The molecule has 2 unspecified atom stereocenters. The number of allylic oxidation sites excluding steroid dienone is 12. The summed E-state index contributed by atoms with van der Waals surface area (Å²) in [5.74, 6) is -0.564. The molecule has 0 aromatic rings. The van der Waals surface area contributed by atoms with Crippen LogP contribution in [0.5, 0.6) is 0 Å². The fraction of sp³-hybridized carbons (Fsp3) is 0.702. The predicted molar refractivity (Wildman–Crippen MR) is 238 cm³/mol. The fourth-order valence-electron chi connectivity index (χ4n) is 5.75. The van der Waals surface area contributed by atoms with Gasteiger partial charge in [-0.1, -0.05) is 157 Å². The Kier molecular flexibility index (Phi) is 41.1. The van der Waals surface area contributed by atoms with E-state index in [2.05, 4.69) is 92.1 Å². The highest BCUT2D eigenvalue weighted by Crippen LogP contribution is 2.42. The second-order valence-electron chi connectivity index (χ2n) is 14.6. The summed E-state index contributed by atoms with van der Waals surface area (Å²) >= 11 is 0. The number of unbranched alkanes of at least 4 members (excludes halogenated alkanes) is 16. The molecule has 0 bridgehead atoms. The van der Waals surface area contributed by atoms with Crippen LogP contribution in [0.1, 0.15) is 181 Å². The first kappa shape index (κ1) is 54.5. The molecule has 2 atom stereocenters. The standard InChI is InChI=1S/C47H82NO8P/c1-3-5-7-9-11-13-15-17-19-20-21-22-23-24-26-28-30-32-34-36-38-40-47(51)54-43-45(49)44-56-57(52,53)55-42-41-48-46(50)39-37-35-33-31-29-27-25-18-16-14-12-10-8-6-4-2/h6,8,11-14,17-19,25,29,31,45,49H,3-5,7,9-10,15-16,20-24,26-28,30,32-44H2,1-2H3,(H,48,50)(H,52,53)/b8-6-,13-11-,14-12-,19-17-,25-18-,31-29-. The number of hydrogen-bond acceptors (Lipinski definition) is 7. The van der Waals surface area contributed by atoms with Crippen LogP contribution in [0.4, 0.5) is 0 Å². The highest BCUT2D eigenvalue weighted by Gasteiger charge is 2.23. The van der Waals surface area contributed by atoms with Gasteiger partial charge in [-0.25, -0.2) is 4.57 Å². The maximum Gasteiger partial charge on any atom is 0.472 e. The molecule has 0 aliphatic rings. The van der Waals surface area contributed by atoms with Crippen molar-refractivity contribution in [3.8, 4) is 0 Å². The first-order valence-corrected chi connectivity index (χ1v) is 23.9. The lowest BCUT2D eigenvalue weighted by Crippen LogP contribution is -2.27. The second-order valence-corrected chi connectivity index (χ2v) is 16.1. The van der Waals surface area contributed by atoms with Crippen molar-refractivity contribution >= 4 is 19.7 Å². The van der Waals surface area contributed by atoms with Crippen LogP contribution in [0.2, 0.25) is 0 Å². The van der Waals surface area contributed by atoms with Crippen LogP contribution in [-0.2, 0) is 27.9 Å². The van der Waals surface area contributed by atoms with Crippen LogP contribution in [0.3, 0.4) is 0 Å².